The average molecular weight is 349 g/mol. The van der Waals surface area contributed by atoms with E-state index in [2.05, 4.69) is 22.0 Å². The molecular weight excluding hydrogens is 328 g/mol. The zero-order chi connectivity index (χ0) is 15.7. The molecule has 112 valence electrons. The van der Waals surface area contributed by atoms with Gasteiger partial charge in [0.2, 0.25) is 0 Å². The van der Waals surface area contributed by atoms with E-state index in [-0.39, 0.29) is 0 Å². The van der Waals surface area contributed by atoms with Gasteiger partial charge < -0.3 is 9.84 Å². The number of aryl methyl sites for hydroxylation is 3. The molecule has 2 aromatic rings. The molecule has 0 amide bonds. The minimum atomic E-state index is -0.698. The van der Waals surface area contributed by atoms with Crippen LogP contribution in [0.4, 0.5) is 0 Å². The number of aliphatic hydroxyl groups is 1. The second kappa shape index (κ2) is 6.20. The molecule has 1 atom stereocenters. The maximum atomic E-state index is 10.9. The molecule has 21 heavy (non-hydrogen) atoms. The first-order chi connectivity index (χ1) is 9.86. The predicted molar refractivity (Wildman–Crippen MR) is 90.1 cm³/mol. The van der Waals surface area contributed by atoms with Crippen LogP contribution in [0.25, 0.3) is 0 Å². The van der Waals surface area contributed by atoms with Gasteiger partial charge in [-0.2, -0.15) is 0 Å². The summed E-state index contributed by atoms with van der Waals surface area (Å²) in [5.41, 5.74) is 5.98. The van der Waals surface area contributed by atoms with Gasteiger partial charge in [0.25, 0.3) is 0 Å². The Kier molecular flexibility index (Phi) is 4.74. The van der Waals surface area contributed by atoms with Crippen molar-refractivity contribution in [1.29, 1.82) is 0 Å². The molecule has 0 aliphatic heterocycles. The molecule has 1 N–H and O–H groups in total. The number of benzene rings is 2. The zero-order valence-corrected chi connectivity index (χ0v) is 14.7. The third-order valence-corrected chi connectivity index (χ3v) is 4.74. The van der Waals surface area contributed by atoms with Gasteiger partial charge in [-0.3, -0.25) is 0 Å². The maximum Gasteiger partial charge on any atom is 0.128 e. The fraction of sp³-hybridized carbons (Fsp3) is 0.333. The lowest BCUT2D eigenvalue weighted by atomic mass is 9.91. The summed E-state index contributed by atoms with van der Waals surface area (Å²) in [5.74, 6) is 0.754. The summed E-state index contributed by atoms with van der Waals surface area (Å²) in [7, 11) is 1.65. The zero-order valence-electron chi connectivity index (χ0n) is 13.1. The van der Waals surface area contributed by atoms with Crippen molar-refractivity contribution in [2.75, 3.05) is 7.11 Å². The highest BCUT2D eigenvalue weighted by molar-refractivity contribution is 9.10. The Labute approximate surface area is 134 Å². The summed E-state index contributed by atoms with van der Waals surface area (Å²) in [4.78, 5) is 0. The minimum Gasteiger partial charge on any atom is -0.496 e. The highest BCUT2D eigenvalue weighted by Crippen LogP contribution is 2.39. The Bertz CT molecular complexity index is 677. The predicted octanol–water partition coefficient (Wildman–Crippen LogP) is 4.77. The summed E-state index contributed by atoms with van der Waals surface area (Å²) in [6.45, 7) is 8.04. The summed E-state index contributed by atoms with van der Waals surface area (Å²) in [6.07, 6.45) is -0.698. The smallest absolute Gasteiger partial charge is 0.128 e. The minimum absolute atomic E-state index is 0.698. The molecular formula is C18H21BrO2. The van der Waals surface area contributed by atoms with Crippen molar-refractivity contribution in [3.63, 3.8) is 0 Å². The second-order valence-corrected chi connectivity index (χ2v) is 6.36. The van der Waals surface area contributed by atoms with E-state index in [1.165, 1.54) is 0 Å². The summed E-state index contributed by atoms with van der Waals surface area (Å²) >= 11 is 3.57. The normalized spacial score (nSPS) is 12.3. The van der Waals surface area contributed by atoms with Crippen LogP contribution in [-0.4, -0.2) is 12.2 Å². The van der Waals surface area contributed by atoms with E-state index >= 15 is 0 Å². The average Bonchev–Trinajstić information content (AvgIpc) is 2.44. The van der Waals surface area contributed by atoms with E-state index in [1.807, 2.05) is 45.9 Å². The molecule has 0 aliphatic carbocycles. The van der Waals surface area contributed by atoms with Crippen LogP contribution in [0.5, 0.6) is 5.75 Å². The number of hydrogen-bond donors (Lipinski definition) is 1. The van der Waals surface area contributed by atoms with Gasteiger partial charge in [0.1, 0.15) is 11.9 Å². The van der Waals surface area contributed by atoms with Gasteiger partial charge in [-0.05, 0) is 56.0 Å². The third kappa shape index (κ3) is 2.99. The molecule has 0 saturated heterocycles. The van der Waals surface area contributed by atoms with Crippen LogP contribution in [0.3, 0.4) is 0 Å². The van der Waals surface area contributed by atoms with Gasteiger partial charge in [-0.25, -0.2) is 0 Å². The number of halogens is 1. The Hall–Kier alpha value is -1.32. The Morgan fingerprint density at radius 1 is 1.05 bits per heavy atom. The van der Waals surface area contributed by atoms with E-state index in [4.69, 9.17) is 4.74 Å². The highest BCUT2D eigenvalue weighted by atomic mass is 79.9. The molecule has 1 unspecified atom stereocenters. The second-order valence-electron chi connectivity index (χ2n) is 5.51. The van der Waals surface area contributed by atoms with Crippen molar-refractivity contribution >= 4 is 15.9 Å². The number of aliphatic hydroxyl groups excluding tert-OH is 1. The van der Waals surface area contributed by atoms with Gasteiger partial charge in [0, 0.05) is 10.0 Å². The van der Waals surface area contributed by atoms with E-state index in [9.17, 15) is 5.11 Å². The summed E-state index contributed by atoms with van der Waals surface area (Å²) in [6, 6.07) is 8.16. The van der Waals surface area contributed by atoms with Crippen LogP contribution in [0.15, 0.2) is 28.7 Å². The SMILES string of the molecule is COc1c(C)cc(Br)c(C)c1C(O)c1cc(C)ccc1C. The van der Waals surface area contributed by atoms with Crippen molar-refractivity contribution in [2.45, 2.75) is 33.8 Å². The van der Waals surface area contributed by atoms with Crippen LogP contribution in [0.2, 0.25) is 0 Å². The molecule has 2 aromatic carbocycles. The van der Waals surface area contributed by atoms with Gasteiger partial charge in [-0.1, -0.05) is 39.7 Å². The first-order valence-electron chi connectivity index (χ1n) is 6.95. The Morgan fingerprint density at radius 2 is 1.71 bits per heavy atom. The quantitative estimate of drug-likeness (QED) is 0.865. The van der Waals surface area contributed by atoms with Crippen molar-refractivity contribution in [3.05, 3.63) is 62.1 Å². The lowest BCUT2D eigenvalue weighted by Crippen LogP contribution is -2.08. The number of hydrogen-bond acceptors (Lipinski definition) is 2. The topological polar surface area (TPSA) is 29.5 Å². The maximum absolute atomic E-state index is 10.9. The van der Waals surface area contributed by atoms with Crippen LogP contribution < -0.4 is 4.74 Å². The molecule has 0 heterocycles. The monoisotopic (exact) mass is 348 g/mol. The summed E-state index contributed by atoms with van der Waals surface area (Å²) < 4.78 is 6.53. The van der Waals surface area contributed by atoms with Gasteiger partial charge in [0.15, 0.2) is 0 Å². The van der Waals surface area contributed by atoms with E-state index in [0.717, 1.165) is 43.6 Å². The van der Waals surface area contributed by atoms with Crippen LogP contribution in [0.1, 0.15) is 39.5 Å². The largest absolute Gasteiger partial charge is 0.496 e. The van der Waals surface area contributed by atoms with Crippen molar-refractivity contribution < 1.29 is 9.84 Å². The number of methoxy groups -OCH3 is 1. The molecule has 0 aliphatic rings. The lowest BCUT2D eigenvalue weighted by molar-refractivity contribution is 0.212. The van der Waals surface area contributed by atoms with E-state index < -0.39 is 6.10 Å². The third-order valence-electron chi connectivity index (χ3n) is 3.92. The van der Waals surface area contributed by atoms with Crippen molar-refractivity contribution in [2.24, 2.45) is 0 Å². The lowest BCUT2D eigenvalue weighted by Gasteiger charge is -2.22. The summed E-state index contributed by atoms with van der Waals surface area (Å²) in [5, 5.41) is 10.9. The fourth-order valence-electron chi connectivity index (χ4n) is 2.69. The molecule has 0 fully saturated rings. The first-order valence-corrected chi connectivity index (χ1v) is 7.75. The molecule has 0 aromatic heterocycles. The molecule has 0 bridgehead atoms. The van der Waals surface area contributed by atoms with Crippen molar-refractivity contribution in [1.82, 2.24) is 0 Å². The van der Waals surface area contributed by atoms with Crippen LogP contribution >= 0.6 is 15.9 Å². The molecule has 0 radical (unpaired) electrons. The molecule has 3 heteroatoms. The van der Waals surface area contributed by atoms with Gasteiger partial charge >= 0.3 is 0 Å². The Balaban J connectivity index is 2.68. The molecule has 0 saturated carbocycles. The molecule has 2 rings (SSSR count). The first kappa shape index (κ1) is 16.1. The van der Waals surface area contributed by atoms with Crippen LogP contribution in [-0.2, 0) is 0 Å². The van der Waals surface area contributed by atoms with E-state index in [0.29, 0.717) is 0 Å². The van der Waals surface area contributed by atoms with Crippen molar-refractivity contribution in [3.8, 4) is 5.75 Å². The standard InChI is InChI=1S/C18H21BrO2/c1-10-6-7-11(2)14(8-10)17(20)16-13(4)15(19)9-12(3)18(16)21-5/h6-9,17,20H,1-5H3. The molecule has 0 spiro atoms. The number of rotatable bonds is 3. The fourth-order valence-corrected chi connectivity index (χ4v) is 3.24. The van der Waals surface area contributed by atoms with Gasteiger partial charge in [-0.15, -0.1) is 0 Å². The Morgan fingerprint density at radius 3 is 2.33 bits per heavy atom. The van der Waals surface area contributed by atoms with Crippen LogP contribution in [0, 0.1) is 27.7 Å². The highest BCUT2D eigenvalue weighted by Gasteiger charge is 2.22. The number of ether oxygens (including phenoxy) is 1. The molecule has 2 nitrogen and oxygen atoms in total. The van der Waals surface area contributed by atoms with Gasteiger partial charge in [0.05, 0.1) is 7.11 Å². The van der Waals surface area contributed by atoms with E-state index in [1.54, 1.807) is 7.11 Å².